The highest BCUT2D eigenvalue weighted by atomic mass is 35.5. The Morgan fingerprint density at radius 2 is 2.13 bits per heavy atom. The standard InChI is InChI=1S/C8H7ClF3NO2/c1-4-2-5(3-9)13-7(14)6(4)15-8(10,11)12/h2H,3H2,1H3,(H,13,14). The van der Waals surface area contributed by atoms with Gasteiger partial charge in [-0.2, -0.15) is 0 Å². The van der Waals surface area contributed by atoms with Crippen LogP contribution in [0.25, 0.3) is 0 Å². The molecule has 0 aliphatic heterocycles. The molecule has 1 N–H and O–H groups in total. The molecule has 0 unspecified atom stereocenters. The Morgan fingerprint density at radius 1 is 1.53 bits per heavy atom. The molecule has 1 aromatic heterocycles. The minimum absolute atomic E-state index is 0.0162. The topological polar surface area (TPSA) is 42.1 Å². The van der Waals surface area contributed by atoms with Gasteiger partial charge in [0.05, 0.1) is 5.88 Å². The Morgan fingerprint density at radius 3 is 2.53 bits per heavy atom. The molecule has 15 heavy (non-hydrogen) atoms. The predicted molar refractivity (Wildman–Crippen MR) is 48.0 cm³/mol. The summed E-state index contributed by atoms with van der Waals surface area (Å²) in [6.45, 7) is 1.34. The first-order valence-corrected chi connectivity index (χ1v) is 4.41. The summed E-state index contributed by atoms with van der Waals surface area (Å²) in [5, 5.41) is 0. The number of ether oxygens (including phenoxy) is 1. The molecule has 0 aromatic carbocycles. The largest absolute Gasteiger partial charge is 0.573 e. The second kappa shape index (κ2) is 4.14. The Bertz CT molecular complexity index is 413. The van der Waals surface area contributed by atoms with Crippen LogP contribution in [0.5, 0.6) is 5.75 Å². The second-order valence-electron chi connectivity index (χ2n) is 2.82. The van der Waals surface area contributed by atoms with Crippen molar-refractivity contribution in [3.8, 4) is 5.75 Å². The maximum Gasteiger partial charge on any atom is 0.573 e. The van der Waals surface area contributed by atoms with E-state index < -0.39 is 17.7 Å². The predicted octanol–water partition coefficient (Wildman–Crippen LogP) is 2.32. The summed E-state index contributed by atoms with van der Waals surface area (Å²) >= 11 is 5.42. The molecule has 1 aromatic rings. The van der Waals surface area contributed by atoms with Crippen LogP contribution in [-0.4, -0.2) is 11.3 Å². The van der Waals surface area contributed by atoms with Gasteiger partial charge in [-0.15, -0.1) is 24.8 Å². The molecule has 84 valence electrons. The molecule has 1 rings (SSSR count). The van der Waals surface area contributed by atoms with Crippen molar-refractivity contribution in [3.05, 3.63) is 27.7 Å². The number of halogens is 4. The molecule has 0 atom stereocenters. The van der Waals surface area contributed by atoms with Crippen LogP contribution in [0.1, 0.15) is 11.3 Å². The van der Waals surface area contributed by atoms with E-state index in [1.54, 1.807) is 0 Å². The number of H-pyrrole nitrogens is 1. The number of rotatable bonds is 2. The van der Waals surface area contributed by atoms with Gasteiger partial charge in [0.25, 0.3) is 5.56 Å². The third-order valence-electron chi connectivity index (χ3n) is 1.59. The number of hydrogen-bond acceptors (Lipinski definition) is 2. The zero-order chi connectivity index (χ0) is 11.6. The second-order valence-corrected chi connectivity index (χ2v) is 3.08. The highest BCUT2D eigenvalue weighted by Crippen LogP contribution is 2.22. The zero-order valence-electron chi connectivity index (χ0n) is 7.61. The average Bonchev–Trinajstić information content (AvgIpc) is 2.09. The summed E-state index contributed by atoms with van der Waals surface area (Å²) < 4.78 is 39.2. The first-order valence-electron chi connectivity index (χ1n) is 3.88. The van der Waals surface area contributed by atoms with Gasteiger partial charge in [0.2, 0.25) is 0 Å². The van der Waals surface area contributed by atoms with Gasteiger partial charge in [-0.25, -0.2) is 0 Å². The molecule has 0 fully saturated rings. The first-order chi connectivity index (χ1) is 6.83. The van der Waals surface area contributed by atoms with E-state index in [1.807, 2.05) is 0 Å². The third kappa shape index (κ3) is 3.16. The van der Waals surface area contributed by atoms with Gasteiger partial charge in [-0.05, 0) is 18.6 Å². The number of nitrogens with one attached hydrogen (secondary N) is 1. The van der Waals surface area contributed by atoms with Crippen LogP contribution >= 0.6 is 11.6 Å². The minimum atomic E-state index is -4.87. The van der Waals surface area contributed by atoms with Crippen molar-refractivity contribution in [3.63, 3.8) is 0 Å². The molecular formula is C8H7ClF3NO2. The van der Waals surface area contributed by atoms with Gasteiger partial charge in [0, 0.05) is 5.69 Å². The normalized spacial score (nSPS) is 11.5. The number of pyridine rings is 1. The first kappa shape index (κ1) is 11.9. The van der Waals surface area contributed by atoms with E-state index in [9.17, 15) is 18.0 Å². The summed E-state index contributed by atoms with van der Waals surface area (Å²) in [6.07, 6.45) is -4.87. The van der Waals surface area contributed by atoms with Crippen LogP contribution in [0.4, 0.5) is 13.2 Å². The lowest BCUT2D eigenvalue weighted by molar-refractivity contribution is -0.275. The summed E-state index contributed by atoms with van der Waals surface area (Å²) in [5.41, 5.74) is -0.511. The van der Waals surface area contributed by atoms with Gasteiger partial charge < -0.3 is 9.72 Å². The maximum atomic E-state index is 11.9. The van der Waals surface area contributed by atoms with Crippen molar-refractivity contribution in [2.45, 2.75) is 19.2 Å². The molecule has 0 saturated carbocycles. The lowest BCUT2D eigenvalue weighted by Crippen LogP contribution is -2.24. The molecule has 0 saturated heterocycles. The molecule has 3 nitrogen and oxygen atoms in total. The van der Waals surface area contributed by atoms with Gasteiger partial charge in [-0.3, -0.25) is 4.79 Å². The molecule has 0 aliphatic rings. The lowest BCUT2D eigenvalue weighted by Gasteiger charge is -2.10. The fourth-order valence-corrected chi connectivity index (χ4v) is 1.20. The Hall–Kier alpha value is -1.17. The molecule has 0 amide bonds. The van der Waals surface area contributed by atoms with Crippen LogP contribution in [0.2, 0.25) is 0 Å². The lowest BCUT2D eigenvalue weighted by atomic mass is 10.2. The quantitative estimate of drug-likeness (QED) is 0.808. The van der Waals surface area contributed by atoms with E-state index in [0.717, 1.165) is 0 Å². The van der Waals surface area contributed by atoms with Crippen LogP contribution < -0.4 is 10.3 Å². The third-order valence-corrected chi connectivity index (χ3v) is 1.88. The molecular weight excluding hydrogens is 235 g/mol. The van der Waals surface area contributed by atoms with Crippen LogP contribution in [0.3, 0.4) is 0 Å². The van der Waals surface area contributed by atoms with Crippen molar-refractivity contribution in [1.82, 2.24) is 4.98 Å². The smallest absolute Gasteiger partial charge is 0.400 e. The van der Waals surface area contributed by atoms with Crippen LogP contribution in [-0.2, 0) is 5.88 Å². The van der Waals surface area contributed by atoms with Crippen molar-refractivity contribution in [2.24, 2.45) is 0 Å². The minimum Gasteiger partial charge on any atom is -0.400 e. The Labute approximate surface area is 87.8 Å². The van der Waals surface area contributed by atoms with Crippen molar-refractivity contribution < 1.29 is 17.9 Å². The Kier molecular flexibility index (Phi) is 3.28. The monoisotopic (exact) mass is 241 g/mol. The van der Waals surface area contributed by atoms with E-state index in [1.165, 1.54) is 13.0 Å². The van der Waals surface area contributed by atoms with Crippen molar-refractivity contribution >= 4 is 11.6 Å². The van der Waals surface area contributed by atoms with Crippen molar-refractivity contribution in [1.29, 1.82) is 0 Å². The number of alkyl halides is 4. The molecule has 0 radical (unpaired) electrons. The highest BCUT2D eigenvalue weighted by Gasteiger charge is 2.33. The van der Waals surface area contributed by atoms with E-state index in [0.29, 0.717) is 5.69 Å². The summed E-state index contributed by atoms with van der Waals surface area (Å²) in [5.74, 6) is -0.737. The van der Waals surface area contributed by atoms with E-state index in [4.69, 9.17) is 11.6 Å². The molecule has 1 heterocycles. The fraction of sp³-hybridized carbons (Fsp3) is 0.375. The molecule has 0 bridgehead atoms. The Balaban J connectivity index is 3.15. The van der Waals surface area contributed by atoms with Gasteiger partial charge in [-0.1, -0.05) is 0 Å². The summed E-state index contributed by atoms with van der Waals surface area (Å²) in [6, 6.07) is 1.33. The molecule has 7 heteroatoms. The number of aromatic nitrogens is 1. The number of aryl methyl sites for hydroxylation is 1. The van der Waals surface area contributed by atoms with Gasteiger partial charge >= 0.3 is 6.36 Å². The van der Waals surface area contributed by atoms with Crippen molar-refractivity contribution in [2.75, 3.05) is 0 Å². The highest BCUT2D eigenvalue weighted by molar-refractivity contribution is 6.16. The molecule has 0 spiro atoms. The zero-order valence-corrected chi connectivity index (χ0v) is 8.37. The summed E-state index contributed by atoms with van der Waals surface area (Å²) in [7, 11) is 0. The van der Waals surface area contributed by atoms with Gasteiger partial charge in [0.15, 0.2) is 5.75 Å². The molecule has 0 aliphatic carbocycles. The van der Waals surface area contributed by atoms with E-state index in [2.05, 4.69) is 9.72 Å². The number of aromatic amines is 1. The van der Waals surface area contributed by atoms with Crippen LogP contribution in [0, 0.1) is 6.92 Å². The summed E-state index contributed by atoms with van der Waals surface area (Å²) in [4.78, 5) is 13.3. The number of hydrogen-bond donors (Lipinski definition) is 1. The average molecular weight is 242 g/mol. The van der Waals surface area contributed by atoms with Gasteiger partial charge in [0.1, 0.15) is 0 Å². The van der Waals surface area contributed by atoms with Crippen LogP contribution in [0.15, 0.2) is 10.9 Å². The van der Waals surface area contributed by atoms with E-state index in [-0.39, 0.29) is 11.4 Å². The maximum absolute atomic E-state index is 11.9. The van der Waals surface area contributed by atoms with E-state index >= 15 is 0 Å². The fourth-order valence-electron chi connectivity index (χ4n) is 1.06. The SMILES string of the molecule is Cc1cc(CCl)[nH]c(=O)c1OC(F)(F)F.